The molecule has 2 aromatic carbocycles. The lowest BCUT2D eigenvalue weighted by Gasteiger charge is -2.11. The Bertz CT molecular complexity index is 626. The highest BCUT2D eigenvalue weighted by atomic mass is 19.1. The summed E-state index contributed by atoms with van der Waals surface area (Å²) in [6.45, 7) is 1.84. The molecule has 0 saturated carbocycles. The topological polar surface area (TPSA) is 38.3 Å². The molecule has 0 radical (unpaired) electrons. The molecule has 0 bridgehead atoms. The van der Waals surface area contributed by atoms with Crippen LogP contribution in [0.4, 0.5) is 10.1 Å². The van der Waals surface area contributed by atoms with E-state index in [1.165, 1.54) is 13.0 Å². The number of hydrogen-bond donors (Lipinski definition) is 1. The smallest absolute Gasteiger partial charge is 0.164 e. The van der Waals surface area contributed by atoms with Crippen molar-refractivity contribution in [2.24, 2.45) is 0 Å². The van der Waals surface area contributed by atoms with Crippen LogP contribution in [0.25, 0.3) is 0 Å². The summed E-state index contributed by atoms with van der Waals surface area (Å²) in [6, 6.07) is 12.1. The zero-order chi connectivity index (χ0) is 14.5. The quantitative estimate of drug-likeness (QED) is 0.845. The second kappa shape index (κ2) is 6.19. The second-order valence-electron chi connectivity index (χ2n) is 4.42. The van der Waals surface area contributed by atoms with Crippen molar-refractivity contribution < 1.29 is 13.9 Å². The fourth-order valence-electron chi connectivity index (χ4n) is 2.01. The summed E-state index contributed by atoms with van der Waals surface area (Å²) < 4.78 is 18.8. The second-order valence-corrected chi connectivity index (χ2v) is 4.42. The molecule has 0 unspecified atom stereocenters. The SMILES string of the molecule is COc1cccc(CNc2cccc(F)c2C(C)=O)c1. The summed E-state index contributed by atoms with van der Waals surface area (Å²) in [6.07, 6.45) is 0. The molecule has 3 nitrogen and oxygen atoms in total. The van der Waals surface area contributed by atoms with Crippen molar-refractivity contribution in [3.8, 4) is 5.75 Å². The van der Waals surface area contributed by atoms with Gasteiger partial charge in [0.15, 0.2) is 5.78 Å². The maximum atomic E-state index is 13.7. The van der Waals surface area contributed by atoms with Gasteiger partial charge in [-0.1, -0.05) is 18.2 Å². The van der Waals surface area contributed by atoms with E-state index in [-0.39, 0.29) is 11.3 Å². The normalized spacial score (nSPS) is 10.2. The first kappa shape index (κ1) is 14.1. The van der Waals surface area contributed by atoms with Gasteiger partial charge in [-0.2, -0.15) is 0 Å². The molecule has 0 aliphatic carbocycles. The standard InChI is InChI=1S/C16H16FNO2/c1-11(19)16-14(17)7-4-8-15(16)18-10-12-5-3-6-13(9-12)20-2/h3-9,18H,10H2,1-2H3. The average molecular weight is 273 g/mol. The molecule has 2 rings (SSSR count). The minimum atomic E-state index is -0.506. The first-order chi connectivity index (χ1) is 9.61. The number of Topliss-reactive ketones (excluding diaryl/α,β-unsaturated/α-hetero) is 1. The van der Waals surface area contributed by atoms with Gasteiger partial charge in [0, 0.05) is 12.2 Å². The van der Waals surface area contributed by atoms with Crippen molar-refractivity contribution in [3.63, 3.8) is 0 Å². The van der Waals surface area contributed by atoms with Crippen molar-refractivity contribution in [3.05, 3.63) is 59.4 Å². The van der Waals surface area contributed by atoms with E-state index in [4.69, 9.17) is 4.74 Å². The Kier molecular flexibility index (Phi) is 4.35. The van der Waals surface area contributed by atoms with Crippen LogP contribution >= 0.6 is 0 Å². The van der Waals surface area contributed by atoms with Crippen LogP contribution in [-0.4, -0.2) is 12.9 Å². The lowest BCUT2D eigenvalue weighted by Crippen LogP contribution is -2.07. The first-order valence-electron chi connectivity index (χ1n) is 6.28. The Hall–Kier alpha value is -2.36. The van der Waals surface area contributed by atoms with Gasteiger partial charge in [-0.25, -0.2) is 4.39 Å². The number of rotatable bonds is 5. The lowest BCUT2D eigenvalue weighted by molar-refractivity contribution is 0.101. The van der Waals surface area contributed by atoms with E-state index in [0.29, 0.717) is 12.2 Å². The van der Waals surface area contributed by atoms with Gasteiger partial charge in [0.1, 0.15) is 11.6 Å². The Labute approximate surface area is 117 Å². The van der Waals surface area contributed by atoms with Crippen LogP contribution in [0.1, 0.15) is 22.8 Å². The van der Waals surface area contributed by atoms with Crippen LogP contribution in [0.3, 0.4) is 0 Å². The number of carbonyl (C=O) groups is 1. The molecule has 0 aliphatic heterocycles. The fourth-order valence-corrected chi connectivity index (χ4v) is 2.01. The summed E-state index contributed by atoms with van der Waals surface area (Å²) in [5, 5.41) is 3.09. The molecular weight excluding hydrogens is 257 g/mol. The first-order valence-corrected chi connectivity index (χ1v) is 6.28. The third-order valence-electron chi connectivity index (χ3n) is 2.98. The summed E-state index contributed by atoms with van der Waals surface area (Å²) in [7, 11) is 1.60. The van der Waals surface area contributed by atoms with Crippen LogP contribution in [0.15, 0.2) is 42.5 Å². The fraction of sp³-hybridized carbons (Fsp3) is 0.188. The molecule has 0 atom stereocenters. The molecule has 0 fully saturated rings. The third kappa shape index (κ3) is 3.15. The number of methoxy groups -OCH3 is 1. The number of nitrogens with one attached hydrogen (secondary N) is 1. The minimum Gasteiger partial charge on any atom is -0.497 e. The molecule has 1 N–H and O–H groups in total. The van der Waals surface area contributed by atoms with E-state index in [9.17, 15) is 9.18 Å². The monoisotopic (exact) mass is 273 g/mol. The van der Waals surface area contributed by atoms with Crippen molar-refractivity contribution >= 4 is 11.5 Å². The van der Waals surface area contributed by atoms with Gasteiger partial charge in [0.2, 0.25) is 0 Å². The van der Waals surface area contributed by atoms with Crippen LogP contribution < -0.4 is 10.1 Å². The number of ether oxygens (including phenoxy) is 1. The molecule has 4 heteroatoms. The highest BCUT2D eigenvalue weighted by Crippen LogP contribution is 2.21. The van der Waals surface area contributed by atoms with Crippen LogP contribution in [-0.2, 0) is 6.54 Å². The van der Waals surface area contributed by atoms with Crippen molar-refractivity contribution in [1.29, 1.82) is 0 Å². The summed E-state index contributed by atoms with van der Waals surface area (Å²) in [5.74, 6) is -0.0419. The van der Waals surface area contributed by atoms with E-state index in [1.807, 2.05) is 24.3 Å². The summed E-state index contributed by atoms with van der Waals surface area (Å²) in [4.78, 5) is 11.5. The number of anilines is 1. The van der Waals surface area contributed by atoms with Gasteiger partial charge in [0.05, 0.1) is 12.7 Å². The number of carbonyl (C=O) groups excluding carboxylic acids is 1. The lowest BCUT2D eigenvalue weighted by atomic mass is 10.1. The molecule has 2 aromatic rings. The molecule has 20 heavy (non-hydrogen) atoms. The van der Waals surface area contributed by atoms with Gasteiger partial charge in [-0.05, 0) is 36.8 Å². The van der Waals surface area contributed by atoms with E-state index < -0.39 is 5.82 Å². The minimum absolute atomic E-state index is 0.0930. The molecule has 104 valence electrons. The van der Waals surface area contributed by atoms with Crippen molar-refractivity contribution in [2.45, 2.75) is 13.5 Å². The number of ketones is 1. The largest absolute Gasteiger partial charge is 0.497 e. The Balaban J connectivity index is 2.18. The van der Waals surface area contributed by atoms with Gasteiger partial charge < -0.3 is 10.1 Å². The van der Waals surface area contributed by atoms with Crippen molar-refractivity contribution in [2.75, 3.05) is 12.4 Å². The molecule has 0 amide bonds. The number of halogens is 1. The molecule has 0 spiro atoms. The van der Waals surface area contributed by atoms with Crippen LogP contribution in [0.5, 0.6) is 5.75 Å². The van der Waals surface area contributed by atoms with Crippen molar-refractivity contribution in [1.82, 2.24) is 0 Å². The van der Waals surface area contributed by atoms with E-state index in [1.54, 1.807) is 19.2 Å². The maximum Gasteiger partial charge on any atom is 0.164 e. The van der Waals surface area contributed by atoms with E-state index >= 15 is 0 Å². The Morgan fingerprint density at radius 3 is 2.70 bits per heavy atom. The molecule has 0 saturated heterocycles. The van der Waals surface area contributed by atoms with Crippen LogP contribution in [0, 0.1) is 5.82 Å². The zero-order valence-electron chi connectivity index (χ0n) is 11.4. The van der Waals surface area contributed by atoms with Gasteiger partial charge >= 0.3 is 0 Å². The summed E-state index contributed by atoms with van der Waals surface area (Å²) >= 11 is 0. The Morgan fingerprint density at radius 1 is 1.25 bits per heavy atom. The Morgan fingerprint density at radius 2 is 2.00 bits per heavy atom. The van der Waals surface area contributed by atoms with E-state index in [0.717, 1.165) is 11.3 Å². The zero-order valence-corrected chi connectivity index (χ0v) is 11.4. The predicted molar refractivity (Wildman–Crippen MR) is 76.7 cm³/mol. The molecule has 0 heterocycles. The molecule has 0 aliphatic rings. The van der Waals surface area contributed by atoms with E-state index in [2.05, 4.69) is 5.32 Å². The predicted octanol–water partition coefficient (Wildman–Crippen LogP) is 3.65. The maximum absolute atomic E-state index is 13.7. The summed E-state index contributed by atoms with van der Waals surface area (Å²) in [5.41, 5.74) is 1.58. The number of hydrogen-bond acceptors (Lipinski definition) is 3. The van der Waals surface area contributed by atoms with Gasteiger partial charge in [-0.3, -0.25) is 4.79 Å². The van der Waals surface area contributed by atoms with Crippen LogP contribution in [0.2, 0.25) is 0 Å². The third-order valence-corrected chi connectivity index (χ3v) is 2.98. The molecular formula is C16H16FNO2. The average Bonchev–Trinajstić information content (AvgIpc) is 2.45. The highest BCUT2D eigenvalue weighted by molar-refractivity contribution is 5.99. The number of benzene rings is 2. The molecule has 0 aromatic heterocycles. The highest BCUT2D eigenvalue weighted by Gasteiger charge is 2.12. The van der Waals surface area contributed by atoms with Gasteiger partial charge in [-0.15, -0.1) is 0 Å². The van der Waals surface area contributed by atoms with Gasteiger partial charge in [0.25, 0.3) is 0 Å².